The van der Waals surface area contributed by atoms with Crippen molar-refractivity contribution in [3.63, 3.8) is 0 Å². The quantitative estimate of drug-likeness (QED) is 0.238. The fraction of sp³-hybridized carbons (Fsp3) is 0.355. The summed E-state index contributed by atoms with van der Waals surface area (Å²) in [4.78, 5) is 26.4. The zero-order chi connectivity index (χ0) is 24.6. The van der Waals surface area contributed by atoms with E-state index in [2.05, 4.69) is 19.9 Å². The lowest BCUT2D eigenvalue weighted by atomic mass is 9.87. The van der Waals surface area contributed by atoms with Crippen molar-refractivity contribution in [3.05, 3.63) is 94.5 Å². The highest BCUT2D eigenvalue weighted by molar-refractivity contribution is 5.93. The SMILES string of the molecule is CCCc1cc(CCC)c(C2CCCC2)c(OC(=O)c2ccccc2)c1OC(=O)c1ccccc1. The molecule has 4 nitrogen and oxygen atoms in total. The molecule has 1 fully saturated rings. The molecule has 0 saturated heterocycles. The van der Waals surface area contributed by atoms with Gasteiger partial charge in [-0.15, -0.1) is 0 Å². The molecular formula is C31H34O4. The predicted octanol–water partition coefficient (Wildman–Crippen LogP) is 7.69. The van der Waals surface area contributed by atoms with Gasteiger partial charge in [0.2, 0.25) is 0 Å². The summed E-state index contributed by atoms with van der Waals surface area (Å²) in [6.45, 7) is 4.26. The van der Waals surface area contributed by atoms with Crippen LogP contribution < -0.4 is 9.47 Å². The summed E-state index contributed by atoms with van der Waals surface area (Å²) >= 11 is 0. The van der Waals surface area contributed by atoms with Crippen molar-refractivity contribution >= 4 is 11.9 Å². The third-order valence-corrected chi connectivity index (χ3v) is 6.65. The summed E-state index contributed by atoms with van der Waals surface area (Å²) < 4.78 is 12.2. The molecule has 0 heterocycles. The Kier molecular flexibility index (Phi) is 8.36. The van der Waals surface area contributed by atoms with Gasteiger partial charge in [0.1, 0.15) is 0 Å². The minimum absolute atomic E-state index is 0.292. The van der Waals surface area contributed by atoms with E-state index in [1.165, 1.54) is 5.56 Å². The van der Waals surface area contributed by atoms with Gasteiger partial charge in [-0.1, -0.05) is 82.0 Å². The van der Waals surface area contributed by atoms with Crippen molar-refractivity contribution in [3.8, 4) is 11.5 Å². The van der Waals surface area contributed by atoms with Gasteiger partial charge in [0.25, 0.3) is 0 Å². The highest BCUT2D eigenvalue weighted by atomic mass is 16.6. The van der Waals surface area contributed by atoms with Crippen molar-refractivity contribution in [1.82, 2.24) is 0 Å². The van der Waals surface area contributed by atoms with Crippen LogP contribution in [0.5, 0.6) is 11.5 Å². The number of aryl methyl sites for hydroxylation is 2. The predicted molar refractivity (Wildman–Crippen MR) is 138 cm³/mol. The lowest BCUT2D eigenvalue weighted by Crippen LogP contribution is -2.17. The van der Waals surface area contributed by atoms with Crippen LogP contribution in [0, 0.1) is 0 Å². The van der Waals surface area contributed by atoms with Gasteiger partial charge in [0, 0.05) is 5.56 Å². The molecule has 4 heteroatoms. The smallest absolute Gasteiger partial charge is 0.343 e. The first kappa shape index (κ1) is 24.7. The van der Waals surface area contributed by atoms with Crippen LogP contribution in [-0.4, -0.2) is 11.9 Å². The molecule has 0 aromatic heterocycles. The Balaban J connectivity index is 1.87. The molecule has 0 N–H and O–H groups in total. The number of ether oxygens (including phenoxy) is 2. The fourth-order valence-corrected chi connectivity index (χ4v) is 5.03. The number of carbonyl (C=O) groups is 2. The van der Waals surface area contributed by atoms with Crippen molar-refractivity contribution < 1.29 is 19.1 Å². The minimum Gasteiger partial charge on any atom is -0.419 e. The van der Waals surface area contributed by atoms with Gasteiger partial charge >= 0.3 is 11.9 Å². The van der Waals surface area contributed by atoms with Crippen LogP contribution in [0.25, 0.3) is 0 Å². The van der Waals surface area contributed by atoms with Gasteiger partial charge in [-0.3, -0.25) is 0 Å². The monoisotopic (exact) mass is 470 g/mol. The summed E-state index contributed by atoms with van der Waals surface area (Å²) in [5.41, 5.74) is 4.11. The van der Waals surface area contributed by atoms with E-state index >= 15 is 0 Å². The Labute approximate surface area is 208 Å². The molecule has 0 radical (unpaired) electrons. The normalized spacial score (nSPS) is 13.5. The second-order valence-electron chi connectivity index (χ2n) is 9.26. The second-order valence-corrected chi connectivity index (χ2v) is 9.26. The van der Waals surface area contributed by atoms with Crippen molar-refractivity contribution in [1.29, 1.82) is 0 Å². The van der Waals surface area contributed by atoms with Crippen molar-refractivity contribution in [2.24, 2.45) is 0 Å². The second kappa shape index (κ2) is 11.8. The Hall–Kier alpha value is -3.40. The lowest BCUT2D eigenvalue weighted by molar-refractivity contribution is 0.0678. The number of carbonyl (C=O) groups excluding carboxylic acids is 2. The maximum absolute atomic E-state index is 13.3. The van der Waals surface area contributed by atoms with Gasteiger partial charge in [-0.2, -0.15) is 0 Å². The van der Waals surface area contributed by atoms with Gasteiger partial charge in [0.15, 0.2) is 11.5 Å². The van der Waals surface area contributed by atoms with Crippen molar-refractivity contribution in [2.75, 3.05) is 0 Å². The fourth-order valence-electron chi connectivity index (χ4n) is 5.03. The molecule has 1 saturated carbocycles. The topological polar surface area (TPSA) is 52.6 Å². The molecule has 0 bridgehead atoms. The van der Waals surface area contributed by atoms with Crippen LogP contribution in [0.1, 0.15) is 95.7 Å². The molecule has 3 aromatic rings. The van der Waals surface area contributed by atoms with E-state index in [4.69, 9.17) is 9.47 Å². The zero-order valence-corrected chi connectivity index (χ0v) is 20.7. The van der Waals surface area contributed by atoms with Crippen LogP contribution in [-0.2, 0) is 12.8 Å². The molecule has 1 aliphatic carbocycles. The maximum Gasteiger partial charge on any atom is 0.343 e. The molecule has 35 heavy (non-hydrogen) atoms. The third kappa shape index (κ3) is 5.82. The Morgan fingerprint density at radius 3 is 1.71 bits per heavy atom. The van der Waals surface area contributed by atoms with Gasteiger partial charge < -0.3 is 9.47 Å². The first-order chi connectivity index (χ1) is 17.1. The van der Waals surface area contributed by atoms with E-state index in [-0.39, 0.29) is 0 Å². The molecule has 0 aliphatic heterocycles. The van der Waals surface area contributed by atoms with E-state index in [1.54, 1.807) is 24.3 Å². The van der Waals surface area contributed by atoms with Gasteiger partial charge in [-0.05, 0) is 67.0 Å². The molecule has 4 rings (SSSR count). The lowest BCUT2D eigenvalue weighted by Gasteiger charge is -2.24. The Bertz CT molecular complexity index is 1150. The van der Waals surface area contributed by atoms with Crippen LogP contribution >= 0.6 is 0 Å². The zero-order valence-electron chi connectivity index (χ0n) is 20.7. The Morgan fingerprint density at radius 2 is 1.20 bits per heavy atom. The summed E-state index contributed by atoms with van der Waals surface area (Å²) in [6, 6.07) is 20.2. The molecule has 0 spiro atoms. The number of benzene rings is 3. The van der Waals surface area contributed by atoms with Gasteiger partial charge in [0.05, 0.1) is 11.1 Å². The summed E-state index contributed by atoms with van der Waals surface area (Å²) in [7, 11) is 0. The first-order valence-electron chi connectivity index (χ1n) is 12.8. The minimum atomic E-state index is -0.444. The molecule has 182 valence electrons. The third-order valence-electron chi connectivity index (χ3n) is 6.65. The highest BCUT2D eigenvalue weighted by Gasteiger charge is 2.30. The average molecular weight is 471 g/mol. The molecule has 3 aromatic carbocycles. The van der Waals surface area contributed by atoms with E-state index < -0.39 is 11.9 Å². The summed E-state index contributed by atoms with van der Waals surface area (Å²) in [5, 5.41) is 0. The van der Waals surface area contributed by atoms with Crippen molar-refractivity contribution in [2.45, 2.75) is 71.1 Å². The highest BCUT2D eigenvalue weighted by Crippen LogP contribution is 2.47. The molecular weight excluding hydrogens is 436 g/mol. The van der Waals surface area contributed by atoms with E-state index in [9.17, 15) is 9.59 Å². The van der Waals surface area contributed by atoms with Crippen LogP contribution in [0.4, 0.5) is 0 Å². The molecule has 0 amide bonds. The van der Waals surface area contributed by atoms with Gasteiger partial charge in [-0.25, -0.2) is 9.59 Å². The summed E-state index contributed by atoms with van der Waals surface area (Å²) in [6.07, 6.45) is 7.89. The standard InChI is InChI=1S/C31H34O4/c1-3-13-25-21-26(14-4-2)28(34-30(32)23-17-7-5-8-18-23)29(27(25)22-15-11-12-16-22)35-31(33)24-19-9-6-10-20-24/h5-10,17-22H,3-4,11-16H2,1-2H3. The first-order valence-corrected chi connectivity index (χ1v) is 12.8. The molecule has 0 unspecified atom stereocenters. The van der Waals surface area contributed by atoms with E-state index in [1.807, 2.05) is 36.4 Å². The van der Waals surface area contributed by atoms with Crippen LogP contribution in [0.3, 0.4) is 0 Å². The Morgan fingerprint density at radius 1 is 0.714 bits per heavy atom. The molecule has 1 aliphatic rings. The average Bonchev–Trinajstić information content (AvgIpc) is 3.42. The maximum atomic E-state index is 13.3. The number of esters is 2. The number of hydrogen-bond donors (Lipinski definition) is 0. The van der Waals surface area contributed by atoms with E-state index in [0.717, 1.165) is 62.5 Å². The molecule has 0 atom stereocenters. The van der Waals surface area contributed by atoms with E-state index in [0.29, 0.717) is 28.5 Å². The number of hydrogen-bond acceptors (Lipinski definition) is 4. The number of rotatable bonds is 9. The summed E-state index contributed by atoms with van der Waals surface area (Å²) in [5.74, 6) is 0.245. The van der Waals surface area contributed by atoms with Crippen LogP contribution in [0.15, 0.2) is 66.7 Å². The van der Waals surface area contributed by atoms with Crippen LogP contribution in [0.2, 0.25) is 0 Å². The largest absolute Gasteiger partial charge is 0.419 e.